The van der Waals surface area contributed by atoms with Gasteiger partial charge in [0.05, 0.1) is 18.1 Å². The molecule has 0 atom stereocenters. The number of rotatable bonds is 3. The molecule has 23 heavy (non-hydrogen) atoms. The number of nitrogen functional groups attached to an aromatic ring is 1. The molecule has 2 aromatic carbocycles. The molecule has 2 N–H and O–H groups in total. The summed E-state index contributed by atoms with van der Waals surface area (Å²) in [6.45, 7) is 0. The Labute approximate surface area is 130 Å². The smallest absolute Gasteiger partial charge is 0.150 e. The molecule has 4 nitrogen and oxygen atoms in total. The number of aldehydes is 1. The molecule has 0 aliphatic carbocycles. The molecule has 0 aliphatic rings. The van der Waals surface area contributed by atoms with Crippen molar-refractivity contribution in [2.24, 2.45) is 0 Å². The summed E-state index contributed by atoms with van der Waals surface area (Å²) in [5.74, 6) is -0.805. The second-order valence-corrected chi connectivity index (χ2v) is 4.87. The zero-order valence-electron chi connectivity index (χ0n) is 11.8. The van der Waals surface area contributed by atoms with Gasteiger partial charge in [-0.3, -0.25) is 9.78 Å². The van der Waals surface area contributed by atoms with Gasteiger partial charge in [-0.1, -0.05) is 12.1 Å². The lowest BCUT2D eigenvalue weighted by atomic mass is 9.98. The fourth-order valence-corrected chi connectivity index (χ4v) is 2.26. The summed E-state index contributed by atoms with van der Waals surface area (Å²) in [5, 5.41) is 0. The number of carbonyl (C=O) groups is 1. The number of anilines is 1. The Kier molecular flexibility index (Phi) is 3.80. The van der Waals surface area contributed by atoms with Crippen LogP contribution in [0.2, 0.25) is 0 Å². The van der Waals surface area contributed by atoms with Crippen LogP contribution in [0.25, 0.3) is 22.4 Å². The van der Waals surface area contributed by atoms with Gasteiger partial charge in [0, 0.05) is 11.1 Å². The SMILES string of the molecule is Nc1cnc(-c2ccc(-c3ccc(F)cc3C=O)cc2F)cn1. The molecule has 0 saturated carbocycles. The van der Waals surface area contributed by atoms with E-state index in [4.69, 9.17) is 5.73 Å². The van der Waals surface area contributed by atoms with E-state index < -0.39 is 11.6 Å². The van der Waals surface area contributed by atoms with Crippen LogP contribution in [0.5, 0.6) is 0 Å². The number of nitrogens with two attached hydrogens (primary N) is 1. The van der Waals surface area contributed by atoms with Gasteiger partial charge in [0.1, 0.15) is 17.5 Å². The number of hydrogen-bond donors (Lipinski definition) is 1. The van der Waals surface area contributed by atoms with Crippen LogP contribution in [0.3, 0.4) is 0 Å². The van der Waals surface area contributed by atoms with Crippen molar-refractivity contribution >= 4 is 12.1 Å². The highest BCUT2D eigenvalue weighted by Crippen LogP contribution is 2.28. The van der Waals surface area contributed by atoms with E-state index >= 15 is 0 Å². The molecular formula is C17H11F2N3O. The van der Waals surface area contributed by atoms with Crippen molar-refractivity contribution in [3.63, 3.8) is 0 Å². The maximum atomic E-state index is 14.4. The lowest BCUT2D eigenvalue weighted by Crippen LogP contribution is -1.95. The number of benzene rings is 2. The van der Waals surface area contributed by atoms with Crippen molar-refractivity contribution < 1.29 is 13.6 Å². The molecule has 0 aliphatic heterocycles. The first kappa shape index (κ1) is 14.8. The minimum Gasteiger partial charge on any atom is -0.382 e. The molecular weight excluding hydrogens is 300 g/mol. The largest absolute Gasteiger partial charge is 0.382 e. The topological polar surface area (TPSA) is 68.9 Å². The van der Waals surface area contributed by atoms with Crippen LogP contribution >= 0.6 is 0 Å². The monoisotopic (exact) mass is 311 g/mol. The Bertz CT molecular complexity index is 880. The summed E-state index contributed by atoms with van der Waals surface area (Å²) in [5.41, 5.74) is 7.14. The number of hydrogen-bond acceptors (Lipinski definition) is 4. The van der Waals surface area contributed by atoms with Gasteiger partial charge in [-0.2, -0.15) is 0 Å². The summed E-state index contributed by atoms with van der Waals surface area (Å²) in [4.78, 5) is 19.0. The van der Waals surface area contributed by atoms with Crippen LogP contribution in [0, 0.1) is 11.6 Å². The summed E-state index contributed by atoms with van der Waals surface area (Å²) in [6.07, 6.45) is 3.25. The van der Waals surface area contributed by atoms with E-state index in [1.807, 2.05) is 0 Å². The molecule has 1 heterocycles. The highest BCUT2D eigenvalue weighted by atomic mass is 19.1. The third kappa shape index (κ3) is 2.91. The van der Waals surface area contributed by atoms with Crippen LogP contribution in [0.15, 0.2) is 48.8 Å². The quantitative estimate of drug-likeness (QED) is 0.752. The maximum absolute atomic E-state index is 14.4. The summed E-state index contributed by atoms with van der Waals surface area (Å²) in [7, 11) is 0. The van der Waals surface area contributed by atoms with Crippen LogP contribution in [-0.4, -0.2) is 16.3 Å². The molecule has 3 aromatic rings. The Morgan fingerprint density at radius 2 is 1.74 bits per heavy atom. The van der Waals surface area contributed by atoms with E-state index in [0.717, 1.165) is 6.07 Å². The zero-order chi connectivity index (χ0) is 16.4. The molecule has 0 radical (unpaired) electrons. The molecule has 114 valence electrons. The summed E-state index contributed by atoms with van der Waals surface area (Å²) >= 11 is 0. The van der Waals surface area contributed by atoms with Crippen molar-refractivity contribution in [3.05, 3.63) is 66.0 Å². The highest BCUT2D eigenvalue weighted by molar-refractivity contribution is 5.88. The first-order valence-electron chi connectivity index (χ1n) is 6.71. The molecule has 0 saturated heterocycles. The van der Waals surface area contributed by atoms with Crippen LogP contribution in [0.4, 0.5) is 14.6 Å². The first-order chi connectivity index (χ1) is 11.1. The molecule has 0 bridgehead atoms. The fourth-order valence-electron chi connectivity index (χ4n) is 2.26. The van der Waals surface area contributed by atoms with Gasteiger partial charge in [0.15, 0.2) is 6.29 Å². The van der Waals surface area contributed by atoms with Crippen molar-refractivity contribution in [3.8, 4) is 22.4 Å². The van der Waals surface area contributed by atoms with E-state index in [0.29, 0.717) is 23.1 Å². The van der Waals surface area contributed by atoms with E-state index in [1.165, 1.54) is 36.7 Å². The van der Waals surface area contributed by atoms with Crippen molar-refractivity contribution in [2.45, 2.75) is 0 Å². The van der Waals surface area contributed by atoms with Crippen LogP contribution < -0.4 is 5.73 Å². The summed E-state index contributed by atoms with van der Waals surface area (Å²) in [6, 6.07) is 8.21. The average Bonchev–Trinajstić information content (AvgIpc) is 2.55. The van der Waals surface area contributed by atoms with Crippen molar-refractivity contribution in [1.82, 2.24) is 9.97 Å². The molecule has 3 rings (SSSR count). The van der Waals surface area contributed by atoms with Gasteiger partial charge in [0.25, 0.3) is 0 Å². The van der Waals surface area contributed by atoms with E-state index in [-0.39, 0.29) is 16.9 Å². The number of carbonyl (C=O) groups excluding carboxylic acids is 1. The highest BCUT2D eigenvalue weighted by Gasteiger charge is 2.11. The number of aromatic nitrogens is 2. The molecule has 0 spiro atoms. The second kappa shape index (κ2) is 5.92. The fraction of sp³-hybridized carbons (Fsp3) is 0. The Hall–Kier alpha value is -3.15. The predicted octanol–water partition coefficient (Wildman–Crippen LogP) is 3.48. The normalized spacial score (nSPS) is 10.5. The molecule has 6 heteroatoms. The van der Waals surface area contributed by atoms with Crippen LogP contribution in [0.1, 0.15) is 10.4 Å². The number of halogens is 2. The molecule has 1 aromatic heterocycles. The van der Waals surface area contributed by atoms with Gasteiger partial charge < -0.3 is 5.73 Å². The van der Waals surface area contributed by atoms with Crippen molar-refractivity contribution in [1.29, 1.82) is 0 Å². The lowest BCUT2D eigenvalue weighted by Gasteiger charge is -2.08. The van der Waals surface area contributed by atoms with E-state index in [2.05, 4.69) is 9.97 Å². The van der Waals surface area contributed by atoms with E-state index in [9.17, 15) is 13.6 Å². The minimum atomic E-state index is -0.525. The zero-order valence-corrected chi connectivity index (χ0v) is 11.8. The van der Waals surface area contributed by atoms with Crippen LogP contribution in [-0.2, 0) is 0 Å². The maximum Gasteiger partial charge on any atom is 0.150 e. The van der Waals surface area contributed by atoms with Gasteiger partial charge in [-0.15, -0.1) is 0 Å². The minimum absolute atomic E-state index is 0.157. The Balaban J connectivity index is 2.06. The van der Waals surface area contributed by atoms with Gasteiger partial charge in [-0.05, 0) is 35.4 Å². The number of nitrogens with zero attached hydrogens (tertiary/aromatic N) is 2. The average molecular weight is 311 g/mol. The van der Waals surface area contributed by atoms with Gasteiger partial charge >= 0.3 is 0 Å². The van der Waals surface area contributed by atoms with Gasteiger partial charge in [-0.25, -0.2) is 13.8 Å². The third-order valence-electron chi connectivity index (χ3n) is 3.37. The Morgan fingerprint density at radius 3 is 2.39 bits per heavy atom. The lowest BCUT2D eigenvalue weighted by molar-refractivity contribution is 0.112. The molecule has 0 unspecified atom stereocenters. The Morgan fingerprint density at radius 1 is 0.957 bits per heavy atom. The predicted molar refractivity (Wildman–Crippen MR) is 82.6 cm³/mol. The van der Waals surface area contributed by atoms with Crippen molar-refractivity contribution in [2.75, 3.05) is 5.73 Å². The standard InChI is InChI=1S/C17H11F2N3O/c18-12-2-4-13(11(5-12)9-23)10-1-3-14(15(19)6-10)16-7-22-17(20)8-21-16/h1-9H,(H2,20,22). The van der Waals surface area contributed by atoms with E-state index in [1.54, 1.807) is 6.07 Å². The summed E-state index contributed by atoms with van der Waals surface area (Å²) < 4.78 is 27.6. The second-order valence-electron chi connectivity index (χ2n) is 4.87. The third-order valence-corrected chi connectivity index (χ3v) is 3.37. The first-order valence-corrected chi connectivity index (χ1v) is 6.71. The molecule has 0 amide bonds. The van der Waals surface area contributed by atoms with Gasteiger partial charge in [0.2, 0.25) is 0 Å². The molecule has 0 fully saturated rings.